The third kappa shape index (κ3) is 12.0. The minimum atomic E-state index is -0.592. The van der Waals surface area contributed by atoms with Crippen molar-refractivity contribution in [3.8, 4) is 33.8 Å². The van der Waals surface area contributed by atoms with E-state index in [9.17, 15) is 24.4 Å². The van der Waals surface area contributed by atoms with Crippen LogP contribution in [0, 0.1) is 17.2 Å². The first kappa shape index (κ1) is 52.0. The van der Waals surface area contributed by atoms with Gasteiger partial charge in [-0.3, -0.25) is 24.2 Å². The predicted octanol–water partition coefficient (Wildman–Crippen LogP) is 6.77. The molecule has 1 aliphatic carbocycles. The summed E-state index contributed by atoms with van der Waals surface area (Å²) < 4.78 is 13.5. The van der Waals surface area contributed by atoms with Crippen molar-refractivity contribution >= 4 is 62.5 Å². The lowest BCUT2D eigenvalue weighted by molar-refractivity contribution is -0.139. The van der Waals surface area contributed by atoms with Crippen LogP contribution in [-0.2, 0) is 19.1 Å². The molecule has 1 aromatic carbocycles. The Kier molecular flexibility index (Phi) is 16.9. The largest absolute Gasteiger partial charge is 0.491 e. The highest BCUT2D eigenvalue weighted by atomic mass is 32.1. The third-order valence-electron chi connectivity index (χ3n) is 13.9. The van der Waals surface area contributed by atoms with Gasteiger partial charge in [-0.1, -0.05) is 42.7 Å². The number of anilines is 2. The maximum absolute atomic E-state index is 14.2. The Bertz CT molecular complexity index is 2990. The fourth-order valence-electron chi connectivity index (χ4n) is 9.83. The Balaban J connectivity index is 0.716. The maximum Gasteiger partial charge on any atom is 0.246 e. The third-order valence-corrected chi connectivity index (χ3v) is 15.9. The van der Waals surface area contributed by atoms with Crippen LogP contribution in [0.3, 0.4) is 0 Å². The van der Waals surface area contributed by atoms with Crippen LogP contribution in [0.1, 0.15) is 105 Å². The molecular weight excluding hydrogens is 979 g/mol. The SMILES string of the molecule is CN[C@@H](C)C(=O)N[C@H](C(=O)N1CCC[C@H]1c1nc(C(=O)c2cccc(OCCOCCC(=O)N3CCN(c4nnc(-c5cnc(-c6ccc7cc(C#N)cnn67)cc5NC(C)C)s4)CC3)c2)cs1)C1CCCCC1. The fourth-order valence-corrected chi connectivity index (χ4v) is 11.7. The number of ether oxygens (including phenoxy) is 2. The highest BCUT2D eigenvalue weighted by Crippen LogP contribution is 2.38. The zero-order valence-corrected chi connectivity index (χ0v) is 43.9. The van der Waals surface area contributed by atoms with Gasteiger partial charge < -0.3 is 40.1 Å². The predicted molar refractivity (Wildman–Crippen MR) is 283 cm³/mol. The number of ketones is 1. The van der Waals surface area contributed by atoms with Gasteiger partial charge in [0.25, 0.3) is 0 Å². The van der Waals surface area contributed by atoms with Crippen LogP contribution in [0.25, 0.3) is 27.5 Å². The topological polar surface area (TPSA) is 225 Å². The number of hydrogen-bond acceptors (Lipinski definition) is 17. The lowest BCUT2D eigenvalue weighted by Crippen LogP contribution is -2.55. The quantitative estimate of drug-likeness (QED) is 0.0530. The molecule has 3 amide bonds. The Morgan fingerprint density at radius 1 is 0.905 bits per heavy atom. The van der Waals surface area contributed by atoms with Gasteiger partial charge in [-0.25, -0.2) is 9.50 Å². The van der Waals surface area contributed by atoms with E-state index in [1.54, 1.807) is 66.6 Å². The van der Waals surface area contributed by atoms with E-state index in [0.717, 1.165) is 88.2 Å². The summed E-state index contributed by atoms with van der Waals surface area (Å²) in [7, 11) is 1.73. The van der Waals surface area contributed by atoms with Gasteiger partial charge in [-0.2, -0.15) is 10.4 Å². The number of likely N-dealkylation sites (N-methyl/N-ethyl adjacent to an activating group) is 1. The lowest BCUT2D eigenvalue weighted by Gasteiger charge is -2.35. The summed E-state index contributed by atoms with van der Waals surface area (Å²) in [5, 5.41) is 36.4. The summed E-state index contributed by atoms with van der Waals surface area (Å²) in [4.78, 5) is 69.6. The number of nitrogens with one attached hydrogen (secondary N) is 3. The van der Waals surface area contributed by atoms with Gasteiger partial charge in [0.2, 0.25) is 28.6 Å². The zero-order chi connectivity index (χ0) is 51.7. The summed E-state index contributed by atoms with van der Waals surface area (Å²) >= 11 is 2.87. The molecule has 5 aromatic heterocycles. The molecule has 0 spiro atoms. The summed E-state index contributed by atoms with van der Waals surface area (Å²) in [5.41, 5.74) is 5.28. The van der Waals surface area contributed by atoms with Crippen molar-refractivity contribution in [2.24, 2.45) is 5.92 Å². The van der Waals surface area contributed by atoms with Crippen LogP contribution >= 0.6 is 22.7 Å². The minimum Gasteiger partial charge on any atom is -0.491 e. The number of fused-ring (bicyclic) bond motifs is 1. The summed E-state index contributed by atoms with van der Waals surface area (Å²) in [6, 6.07) is 15.6. The zero-order valence-electron chi connectivity index (χ0n) is 42.3. The number of carbonyl (C=O) groups is 4. The van der Waals surface area contributed by atoms with Gasteiger partial charge in [0.05, 0.1) is 65.9 Å². The molecule has 7 heterocycles. The number of benzene rings is 1. The first-order chi connectivity index (χ1) is 36.0. The standard InChI is InChI=1S/C53H63N13O6S2/c1-33(2)58-41-28-42(44-16-15-38-26-35(29-54)30-57-66(38)44)56-31-40(41)50-61-62-53(74-50)64-21-19-63(20-22-64)46(67)17-23-71-24-25-72-39-13-8-12-37(27-39)48(68)43-32-73-51(59-43)45-14-9-18-65(45)52(70)47(36-10-6-5-7-11-36)60-49(69)34(3)55-4/h8,12-13,15-16,26-28,30-34,36,45,47,55H,5-7,9-11,14,17-25H2,1-4H3,(H,56,58)(H,60,69)/t34-,45-,47-/m0/s1. The molecule has 9 rings (SSSR count). The molecule has 1 saturated carbocycles. The Hall–Kier alpha value is -6.86. The smallest absolute Gasteiger partial charge is 0.246 e. The van der Waals surface area contributed by atoms with E-state index in [1.807, 2.05) is 28.0 Å². The van der Waals surface area contributed by atoms with Gasteiger partial charge in [0.15, 0.2) is 5.01 Å². The average molecular weight is 1040 g/mol. The van der Waals surface area contributed by atoms with E-state index < -0.39 is 12.1 Å². The molecule has 6 aromatic rings. The van der Waals surface area contributed by atoms with Crippen LogP contribution in [-0.4, -0.2) is 141 Å². The Labute approximate surface area is 438 Å². The molecule has 3 atom stereocenters. The number of hydrogen-bond donors (Lipinski definition) is 3. The Morgan fingerprint density at radius 2 is 1.73 bits per heavy atom. The number of pyridine rings is 1. The van der Waals surface area contributed by atoms with Gasteiger partial charge in [-0.15, -0.1) is 21.5 Å². The number of rotatable bonds is 20. The molecule has 3 N–H and O–H groups in total. The number of amides is 3. The van der Waals surface area contributed by atoms with Gasteiger partial charge in [0.1, 0.15) is 35.2 Å². The summed E-state index contributed by atoms with van der Waals surface area (Å²) in [6.45, 7) is 9.61. The molecule has 388 valence electrons. The molecule has 19 nitrogen and oxygen atoms in total. The van der Waals surface area contributed by atoms with Crippen molar-refractivity contribution in [3.63, 3.8) is 0 Å². The molecular formula is C53H63N13O6S2. The normalized spacial score (nSPS) is 17.1. The lowest BCUT2D eigenvalue weighted by atomic mass is 9.83. The van der Waals surface area contributed by atoms with E-state index in [4.69, 9.17) is 19.4 Å². The number of thiazole rings is 1. The Morgan fingerprint density at radius 3 is 2.51 bits per heavy atom. The van der Waals surface area contributed by atoms with Gasteiger partial charge >= 0.3 is 0 Å². The number of nitriles is 1. The van der Waals surface area contributed by atoms with E-state index in [1.165, 1.54) is 22.7 Å². The molecule has 0 unspecified atom stereocenters. The fraction of sp³-hybridized carbons (Fsp3) is 0.472. The van der Waals surface area contributed by atoms with E-state index >= 15 is 0 Å². The molecule has 2 saturated heterocycles. The average Bonchev–Trinajstić information content (AvgIpc) is 4.28. The number of nitrogens with zero attached hydrogens (tertiary/aromatic N) is 10. The van der Waals surface area contributed by atoms with E-state index in [0.29, 0.717) is 55.3 Å². The molecule has 74 heavy (non-hydrogen) atoms. The van der Waals surface area contributed by atoms with Crippen molar-refractivity contribution in [1.82, 2.24) is 50.2 Å². The maximum atomic E-state index is 14.2. The van der Waals surface area contributed by atoms with Crippen LogP contribution in [0.2, 0.25) is 0 Å². The molecule has 2 aliphatic heterocycles. The van der Waals surface area contributed by atoms with Crippen molar-refractivity contribution in [1.29, 1.82) is 5.26 Å². The van der Waals surface area contributed by atoms with Crippen molar-refractivity contribution in [2.75, 3.05) is 69.8 Å². The minimum absolute atomic E-state index is 0.0196. The first-order valence-corrected chi connectivity index (χ1v) is 27.3. The van der Waals surface area contributed by atoms with Crippen LogP contribution in [0.15, 0.2) is 66.3 Å². The number of piperazine rings is 1. The van der Waals surface area contributed by atoms with Gasteiger partial charge in [0, 0.05) is 61.6 Å². The second-order valence-electron chi connectivity index (χ2n) is 19.3. The highest BCUT2D eigenvalue weighted by molar-refractivity contribution is 7.18. The number of aromatic nitrogens is 6. The van der Waals surface area contributed by atoms with Crippen LogP contribution < -0.4 is 25.6 Å². The monoisotopic (exact) mass is 1040 g/mol. The number of likely N-dealkylation sites (tertiary alicyclic amines) is 1. The summed E-state index contributed by atoms with van der Waals surface area (Å²) in [5.74, 6) is 0.135. The van der Waals surface area contributed by atoms with Crippen molar-refractivity contribution in [3.05, 3.63) is 88.1 Å². The van der Waals surface area contributed by atoms with Crippen LogP contribution in [0.5, 0.6) is 5.75 Å². The molecule has 3 aliphatic rings. The molecule has 21 heteroatoms. The second kappa shape index (κ2) is 24.0. The second-order valence-corrected chi connectivity index (χ2v) is 21.2. The van der Waals surface area contributed by atoms with Crippen LogP contribution in [0.4, 0.5) is 10.8 Å². The first-order valence-electron chi connectivity index (χ1n) is 25.6. The molecule has 3 fully saturated rings. The molecule has 0 radical (unpaired) electrons. The molecule has 0 bridgehead atoms. The highest BCUT2D eigenvalue weighted by Gasteiger charge is 2.40. The van der Waals surface area contributed by atoms with E-state index in [-0.39, 0.29) is 67.7 Å². The van der Waals surface area contributed by atoms with Crippen molar-refractivity contribution < 1.29 is 28.7 Å². The van der Waals surface area contributed by atoms with Crippen molar-refractivity contribution in [2.45, 2.75) is 96.3 Å². The van der Waals surface area contributed by atoms with E-state index in [2.05, 4.69) is 56.1 Å². The van der Waals surface area contributed by atoms with Gasteiger partial charge in [-0.05, 0) is 95.8 Å². The number of carbonyl (C=O) groups excluding carboxylic acids is 4. The summed E-state index contributed by atoms with van der Waals surface area (Å²) in [6.07, 6.45) is 10.2.